The van der Waals surface area contributed by atoms with Crippen LogP contribution in [0.15, 0.2) is 48.8 Å². The summed E-state index contributed by atoms with van der Waals surface area (Å²) in [4.78, 5) is 31.1. The van der Waals surface area contributed by atoms with Crippen LogP contribution < -0.4 is 16.2 Å². The molecule has 0 bridgehead atoms. The molecule has 9 nitrogen and oxygen atoms in total. The van der Waals surface area contributed by atoms with Crippen molar-refractivity contribution in [1.82, 2.24) is 15.4 Å². The number of hydrazine groups is 1. The Balaban J connectivity index is 1.85. The van der Waals surface area contributed by atoms with Crippen LogP contribution >= 0.6 is 11.6 Å². The van der Waals surface area contributed by atoms with Crippen LogP contribution in [-0.4, -0.2) is 20.8 Å². The van der Waals surface area contributed by atoms with Gasteiger partial charge >= 0.3 is 5.69 Å². The summed E-state index contributed by atoms with van der Waals surface area (Å²) in [6.07, 6.45) is 1.15. The van der Waals surface area contributed by atoms with Crippen molar-refractivity contribution in [2.24, 2.45) is 0 Å². The third kappa shape index (κ3) is 4.77. The molecule has 10 heteroatoms. The van der Waals surface area contributed by atoms with Crippen LogP contribution in [0.5, 0.6) is 0 Å². The third-order valence-electron chi connectivity index (χ3n) is 4.07. The molecule has 0 atom stereocenters. The lowest BCUT2D eigenvalue weighted by Crippen LogP contribution is -2.30. The van der Waals surface area contributed by atoms with E-state index >= 15 is 0 Å². The summed E-state index contributed by atoms with van der Waals surface area (Å²) in [6.45, 7) is 3.73. The van der Waals surface area contributed by atoms with Crippen LogP contribution in [-0.2, 0) is 0 Å². The van der Waals surface area contributed by atoms with Crippen LogP contribution in [0.25, 0.3) is 0 Å². The standard InChI is InChI=1S/C19H17ClN6O3/c1-11-3-6-13(7-4-11)19(27)25-24-18-16(26(28)29)17(21-10-22-18)23-15-9-14(20)8-5-12(15)2/h3-10H,1-2H3,(H,25,27)(H2,21,22,23,24). The molecule has 3 N–H and O–H groups in total. The normalized spacial score (nSPS) is 10.3. The molecular formula is C19H17ClN6O3. The van der Waals surface area contributed by atoms with E-state index in [0.29, 0.717) is 16.3 Å². The lowest BCUT2D eigenvalue weighted by Gasteiger charge is -2.12. The quantitative estimate of drug-likeness (QED) is 0.410. The molecule has 0 saturated heterocycles. The van der Waals surface area contributed by atoms with Crippen LogP contribution in [0, 0.1) is 24.0 Å². The molecule has 1 heterocycles. The molecular weight excluding hydrogens is 396 g/mol. The lowest BCUT2D eigenvalue weighted by molar-refractivity contribution is -0.383. The highest BCUT2D eigenvalue weighted by molar-refractivity contribution is 6.30. The Morgan fingerprint density at radius 3 is 2.45 bits per heavy atom. The first-order valence-corrected chi connectivity index (χ1v) is 8.88. The summed E-state index contributed by atoms with van der Waals surface area (Å²) in [5, 5.41) is 15.0. The van der Waals surface area contributed by atoms with E-state index in [1.54, 1.807) is 42.5 Å². The molecule has 0 fully saturated rings. The summed E-state index contributed by atoms with van der Waals surface area (Å²) >= 11 is 6.00. The molecule has 2 aromatic carbocycles. The molecule has 1 amide bonds. The van der Waals surface area contributed by atoms with E-state index in [2.05, 4.69) is 26.1 Å². The maximum absolute atomic E-state index is 12.3. The second-order valence-corrected chi connectivity index (χ2v) is 6.64. The van der Waals surface area contributed by atoms with Crippen molar-refractivity contribution < 1.29 is 9.72 Å². The van der Waals surface area contributed by atoms with Gasteiger partial charge in [-0.05, 0) is 43.7 Å². The Labute approximate surface area is 171 Å². The maximum atomic E-state index is 12.3. The van der Waals surface area contributed by atoms with Crippen molar-refractivity contribution in [3.63, 3.8) is 0 Å². The van der Waals surface area contributed by atoms with Crippen molar-refractivity contribution in [3.8, 4) is 0 Å². The number of hydrogen-bond acceptors (Lipinski definition) is 7. The number of carbonyl (C=O) groups is 1. The predicted octanol–water partition coefficient (Wildman–Crippen LogP) is 4.16. The van der Waals surface area contributed by atoms with Gasteiger partial charge in [0.1, 0.15) is 6.33 Å². The topological polar surface area (TPSA) is 122 Å². The van der Waals surface area contributed by atoms with Gasteiger partial charge in [-0.1, -0.05) is 35.4 Å². The zero-order valence-corrected chi connectivity index (χ0v) is 16.3. The number of hydrogen-bond donors (Lipinski definition) is 3. The number of aromatic nitrogens is 2. The van der Waals surface area contributed by atoms with Gasteiger partial charge in [0.25, 0.3) is 5.91 Å². The minimum absolute atomic E-state index is 0.0394. The fraction of sp³-hybridized carbons (Fsp3) is 0.105. The smallest absolute Gasteiger partial charge is 0.334 e. The van der Waals surface area contributed by atoms with Crippen LogP contribution in [0.4, 0.5) is 23.0 Å². The second kappa shape index (κ2) is 8.53. The van der Waals surface area contributed by atoms with Crippen LogP contribution in [0.2, 0.25) is 5.02 Å². The molecule has 29 heavy (non-hydrogen) atoms. The molecule has 0 aliphatic heterocycles. The number of carbonyl (C=O) groups excluding carboxylic acids is 1. The number of rotatable bonds is 6. The minimum Gasteiger partial charge on any atom is -0.334 e. The number of amides is 1. The van der Waals surface area contributed by atoms with E-state index in [-0.39, 0.29) is 11.6 Å². The zero-order valence-electron chi connectivity index (χ0n) is 15.6. The molecule has 148 valence electrons. The van der Waals surface area contributed by atoms with E-state index in [1.165, 1.54) is 0 Å². The van der Waals surface area contributed by atoms with Gasteiger partial charge in [0, 0.05) is 16.3 Å². The number of nitro groups is 1. The van der Waals surface area contributed by atoms with Gasteiger partial charge in [-0.3, -0.25) is 25.8 Å². The van der Waals surface area contributed by atoms with Gasteiger partial charge in [-0.2, -0.15) is 0 Å². The first-order valence-electron chi connectivity index (χ1n) is 8.50. The Bertz CT molecular complexity index is 1070. The molecule has 0 unspecified atom stereocenters. The molecule has 1 aromatic heterocycles. The highest BCUT2D eigenvalue weighted by Gasteiger charge is 2.24. The highest BCUT2D eigenvalue weighted by Crippen LogP contribution is 2.32. The molecule has 0 spiro atoms. The Kier molecular flexibility index (Phi) is 5.89. The number of halogens is 1. The monoisotopic (exact) mass is 412 g/mol. The third-order valence-corrected chi connectivity index (χ3v) is 4.30. The largest absolute Gasteiger partial charge is 0.355 e. The Morgan fingerprint density at radius 2 is 1.76 bits per heavy atom. The molecule has 0 saturated carbocycles. The summed E-state index contributed by atoms with van der Waals surface area (Å²) in [5.74, 6) is -0.659. The lowest BCUT2D eigenvalue weighted by atomic mass is 10.1. The molecule has 3 aromatic rings. The van der Waals surface area contributed by atoms with Crippen molar-refractivity contribution in [2.45, 2.75) is 13.8 Å². The van der Waals surface area contributed by atoms with Gasteiger partial charge in [-0.15, -0.1) is 0 Å². The number of benzene rings is 2. The fourth-order valence-electron chi connectivity index (χ4n) is 2.48. The predicted molar refractivity (Wildman–Crippen MR) is 110 cm³/mol. The average Bonchev–Trinajstić information content (AvgIpc) is 2.69. The van der Waals surface area contributed by atoms with Gasteiger partial charge in [0.15, 0.2) is 0 Å². The second-order valence-electron chi connectivity index (χ2n) is 6.21. The Morgan fingerprint density at radius 1 is 1.07 bits per heavy atom. The number of nitrogens with one attached hydrogen (secondary N) is 3. The fourth-order valence-corrected chi connectivity index (χ4v) is 2.66. The van der Waals surface area contributed by atoms with E-state index in [4.69, 9.17) is 11.6 Å². The average molecular weight is 413 g/mol. The van der Waals surface area contributed by atoms with Crippen LogP contribution in [0.3, 0.4) is 0 Å². The zero-order chi connectivity index (χ0) is 21.0. The van der Waals surface area contributed by atoms with Crippen molar-refractivity contribution in [1.29, 1.82) is 0 Å². The van der Waals surface area contributed by atoms with Gasteiger partial charge in [0.05, 0.1) is 4.92 Å². The SMILES string of the molecule is Cc1ccc(C(=O)NNc2ncnc(Nc3cc(Cl)ccc3C)c2[N+](=O)[O-])cc1. The highest BCUT2D eigenvalue weighted by atomic mass is 35.5. The van der Waals surface area contributed by atoms with Crippen molar-refractivity contribution in [3.05, 3.63) is 80.6 Å². The summed E-state index contributed by atoms with van der Waals surface area (Å²) in [5.41, 5.74) is 7.28. The van der Waals surface area contributed by atoms with E-state index in [9.17, 15) is 14.9 Å². The van der Waals surface area contributed by atoms with E-state index < -0.39 is 16.5 Å². The summed E-state index contributed by atoms with van der Waals surface area (Å²) < 4.78 is 0. The maximum Gasteiger partial charge on any atom is 0.355 e. The summed E-state index contributed by atoms with van der Waals surface area (Å²) in [7, 11) is 0. The van der Waals surface area contributed by atoms with Crippen LogP contribution in [0.1, 0.15) is 21.5 Å². The van der Waals surface area contributed by atoms with Crippen molar-refractivity contribution >= 4 is 40.5 Å². The first-order chi connectivity index (χ1) is 13.8. The minimum atomic E-state index is -0.636. The van der Waals surface area contributed by atoms with Gasteiger partial charge < -0.3 is 5.32 Å². The molecule has 0 radical (unpaired) electrons. The van der Waals surface area contributed by atoms with Gasteiger partial charge in [-0.25, -0.2) is 9.97 Å². The van der Waals surface area contributed by atoms with Crippen molar-refractivity contribution in [2.75, 3.05) is 10.7 Å². The molecule has 3 rings (SSSR count). The van der Waals surface area contributed by atoms with Gasteiger partial charge in [0.2, 0.25) is 11.6 Å². The Hall–Kier alpha value is -3.72. The molecule has 0 aliphatic rings. The number of nitrogens with zero attached hydrogens (tertiary/aromatic N) is 3. The van der Waals surface area contributed by atoms with E-state index in [0.717, 1.165) is 17.5 Å². The molecule has 0 aliphatic carbocycles. The van der Waals surface area contributed by atoms with E-state index in [1.807, 2.05) is 13.8 Å². The summed E-state index contributed by atoms with van der Waals surface area (Å²) in [6, 6.07) is 12.0. The first kappa shape index (κ1) is 20.0. The number of anilines is 3. The number of aryl methyl sites for hydroxylation is 2.